The second-order valence-corrected chi connectivity index (χ2v) is 4.36. The summed E-state index contributed by atoms with van der Waals surface area (Å²) in [4.78, 5) is 11.3. The zero-order valence-electron chi connectivity index (χ0n) is 9.46. The lowest BCUT2D eigenvalue weighted by molar-refractivity contribution is -0.152. The van der Waals surface area contributed by atoms with Crippen LogP contribution in [-0.2, 0) is 9.53 Å². The molecule has 0 aliphatic rings. The van der Waals surface area contributed by atoms with Gasteiger partial charge in [0.15, 0.2) is 0 Å². The summed E-state index contributed by atoms with van der Waals surface area (Å²) in [5.41, 5.74) is 0. The number of hydrogen-bond acceptors (Lipinski definition) is 2. The summed E-state index contributed by atoms with van der Waals surface area (Å²) >= 11 is 0. The van der Waals surface area contributed by atoms with Gasteiger partial charge in [-0.2, -0.15) is 0 Å². The van der Waals surface area contributed by atoms with Crippen molar-refractivity contribution in [2.75, 3.05) is 0 Å². The maximum absolute atomic E-state index is 11.3. The highest BCUT2D eigenvalue weighted by Gasteiger charge is 2.15. The summed E-state index contributed by atoms with van der Waals surface area (Å²) in [7, 11) is 0. The minimum absolute atomic E-state index is 0.00833. The molecule has 13 heavy (non-hydrogen) atoms. The molecule has 0 rings (SSSR count). The largest absolute Gasteiger partial charge is 0.463 e. The van der Waals surface area contributed by atoms with E-state index >= 15 is 0 Å². The third-order valence-electron chi connectivity index (χ3n) is 1.93. The van der Waals surface area contributed by atoms with Crippen molar-refractivity contribution in [3.63, 3.8) is 0 Å². The molecule has 0 saturated heterocycles. The van der Waals surface area contributed by atoms with E-state index < -0.39 is 0 Å². The van der Waals surface area contributed by atoms with Crippen LogP contribution in [-0.4, -0.2) is 12.1 Å². The lowest BCUT2D eigenvalue weighted by Crippen LogP contribution is -2.19. The van der Waals surface area contributed by atoms with Crippen LogP contribution >= 0.6 is 0 Å². The van der Waals surface area contributed by atoms with E-state index in [9.17, 15) is 4.79 Å². The predicted molar refractivity (Wildman–Crippen MR) is 54.5 cm³/mol. The van der Waals surface area contributed by atoms with Crippen LogP contribution < -0.4 is 0 Å². The number of carbonyl (C=O) groups excluding carboxylic acids is 1. The summed E-state index contributed by atoms with van der Waals surface area (Å²) < 4.78 is 5.11. The predicted octanol–water partition coefficient (Wildman–Crippen LogP) is 3.01. The van der Waals surface area contributed by atoms with Crippen molar-refractivity contribution >= 4 is 5.97 Å². The minimum atomic E-state index is -0.0596. The average molecular weight is 186 g/mol. The van der Waals surface area contributed by atoms with E-state index in [2.05, 4.69) is 13.8 Å². The van der Waals surface area contributed by atoms with Crippen molar-refractivity contribution in [3.8, 4) is 0 Å². The Labute approximate surface area is 81.7 Å². The van der Waals surface area contributed by atoms with Crippen molar-refractivity contribution < 1.29 is 9.53 Å². The lowest BCUT2D eigenvalue weighted by atomic mass is 9.99. The first-order chi connectivity index (χ1) is 5.93. The molecule has 0 aliphatic heterocycles. The number of carbonyl (C=O) groups is 1. The van der Waals surface area contributed by atoms with E-state index in [1.165, 1.54) is 0 Å². The van der Waals surface area contributed by atoms with E-state index in [0.29, 0.717) is 5.92 Å². The van der Waals surface area contributed by atoms with Crippen LogP contribution in [0.15, 0.2) is 0 Å². The van der Waals surface area contributed by atoms with Gasteiger partial charge in [0.1, 0.15) is 0 Å². The minimum Gasteiger partial charge on any atom is -0.463 e. The number of esters is 1. The standard InChI is InChI=1S/C11H22O2/c1-8(2)6-7-10(5)11(12)13-9(3)4/h8-10H,6-7H2,1-5H3. The molecule has 2 heteroatoms. The fraction of sp³-hybridized carbons (Fsp3) is 0.909. The van der Waals surface area contributed by atoms with Gasteiger partial charge in [0.05, 0.1) is 12.0 Å². The third-order valence-corrected chi connectivity index (χ3v) is 1.93. The van der Waals surface area contributed by atoms with Crippen molar-refractivity contribution in [2.24, 2.45) is 11.8 Å². The highest BCUT2D eigenvalue weighted by Crippen LogP contribution is 2.13. The van der Waals surface area contributed by atoms with E-state index in [0.717, 1.165) is 12.8 Å². The molecule has 2 nitrogen and oxygen atoms in total. The molecule has 0 heterocycles. The maximum Gasteiger partial charge on any atom is 0.308 e. The molecule has 0 fully saturated rings. The molecule has 0 bridgehead atoms. The molecular formula is C11H22O2. The SMILES string of the molecule is CC(C)CCC(C)C(=O)OC(C)C. The van der Waals surface area contributed by atoms with Gasteiger partial charge < -0.3 is 4.74 Å². The van der Waals surface area contributed by atoms with Gasteiger partial charge >= 0.3 is 5.97 Å². The first kappa shape index (κ1) is 12.5. The Morgan fingerprint density at radius 2 is 1.62 bits per heavy atom. The van der Waals surface area contributed by atoms with Crippen LogP contribution in [0.25, 0.3) is 0 Å². The molecule has 0 aliphatic carbocycles. The molecule has 78 valence electrons. The molecule has 1 unspecified atom stereocenters. The molecule has 0 aromatic heterocycles. The average Bonchev–Trinajstić information content (AvgIpc) is 1.98. The van der Waals surface area contributed by atoms with Crippen molar-refractivity contribution in [1.82, 2.24) is 0 Å². The van der Waals surface area contributed by atoms with Gasteiger partial charge in [-0.25, -0.2) is 0 Å². The first-order valence-electron chi connectivity index (χ1n) is 5.14. The topological polar surface area (TPSA) is 26.3 Å². The first-order valence-corrected chi connectivity index (χ1v) is 5.14. The normalized spacial score (nSPS) is 13.5. The number of rotatable bonds is 5. The summed E-state index contributed by atoms with van der Waals surface area (Å²) in [6.45, 7) is 10.0. The van der Waals surface area contributed by atoms with Crippen LogP contribution in [0.5, 0.6) is 0 Å². The maximum atomic E-state index is 11.3. The van der Waals surface area contributed by atoms with E-state index in [-0.39, 0.29) is 18.0 Å². The molecule has 0 amide bonds. The Kier molecular flexibility index (Phi) is 5.76. The molecular weight excluding hydrogens is 164 g/mol. The fourth-order valence-corrected chi connectivity index (χ4v) is 1.05. The van der Waals surface area contributed by atoms with Crippen LogP contribution in [0, 0.1) is 11.8 Å². The van der Waals surface area contributed by atoms with Gasteiger partial charge in [-0.1, -0.05) is 27.2 Å². The van der Waals surface area contributed by atoms with Crippen LogP contribution in [0.4, 0.5) is 0 Å². The lowest BCUT2D eigenvalue weighted by Gasteiger charge is -2.14. The summed E-state index contributed by atoms with van der Waals surface area (Å²) in [5.74, 6) is 0.648. The van der Waals surface area contributed by atoms with Crippen molar-refractivity contribution in [3.05, 3.63) is 0 Å². The van der Waals surface area contributed by atoms with Crippen LogP contribution in [0.1, 0.15) is 47.5 Å². The summed E-state index contributed by atoms with van der Waals surface area (Å²) in [6.07, 6.45) is 2.03. The molecule has 0 saturated carbocycles. The molecule has 0 N–H and O–H groups in total. The Hall–Kier alpha value is -0.530. The third kappa shape index (κ3) is 6.62. The molecule has 0 spiro atoms. The molecule has 1 atom stereocenters. The van der Waals surface area contributed by atoms with Crippen molar-refractivity contribution in [1.29, 1.82) is 0 Å². The smallest absolute Gasteiger partial charge is 0.308 e. The van der Waals surface area contributed by atoms with Gasteiger partial charge in [-0.15, -0.1) is 0 Å². The van der Waals surface area contributed by atoms with E-state index in [1.807, 2.05) is 20.8 Å². The monoisotopic (exact) mass is 186 g/mol. The second kappa shape index (κ2) is 6.01. The zero-order chi connectivity index (χ0) is 10.4. The molecule has 0 aromatic rings. The van der Waals surface area contributed by atoms with Crippen molar-refractivity contribution in [2.45, 2.75) is 53.6 Å². The second-order valence-electron chi connectivity index (χ2n) is 4.36. The summed E-state index contributed by atoms with van der Waals surface area (Å²) in [6, 6.07) is 0. The van der Waals surface area contributed by atoms with Gasteiger partial charge in [-0.3, -0.25) is 4.79 Å². The molecule has 0 radical (unpaired) electrons. The zero-order valence-corrected chi connectivity index (χ0v) is 9.46. The van der Waals surface area contributed by atoms with E-state index in [1.54, 1.807) is 0 Å². The van der Waals surface area contributed by atoms with Gasteiger partial charge in [-0.05, 0) is 26.2 Å². The Bertz CT molecular complexity index is 150. The molecule has 0 aromatic carbocycles. The van der Waals surface area contributed by atoms with Gasteiger partial charge in [0, 0.05) is 0 Å². The van der Waals surface area contributed by atoms with Crippen LogP contribution in [0.3, 0.4) is 0 Å². The van der Waals surface area contributed by atoms with Crippen LogP contribution in [0.2, 0.25) is 0 Å². The van der Waals surface area contributed by atoms with Gasteiger partial charge in [0.2, 0.25) is 0 Å². The van der Waals surface area contributed by atoms with E-state index in [4.69, 9.17) is 4.74 Å². The Morgan fingerprint density at radius 3 is 2.00 bits per heavy atom. The number of ether oxygens (including phenoxy) is 1. The fourth-order valence-electron chi connectivity index (χ4n) is 1.05. The van der Waals surface area contributed by atoms with Gasteiger partial charge in [0.25, 0.3) is 0 Å². The summed E-state index contributed by atoms with van der Waals surface area (Å²) in [5, 5.41) is 0. The quantitative estimate of drug-likeness (QED) is 0.617. The number of hydrogen-bond donors (Lipinski definition) is 0. The Morgan fingerprint density at radius 1 is 1.08 bits per heavy atom. The highest BCUT2D eigenvalue weighted by atomic mass is 16.5. The Balaban J connectivity index is 3.69. The highest BCUT2D eigenvalue weighted by molar-refractivity contribution is 5.72.